The predicted octanol–water partition coefficient (Wildman–Crippen LogP) is 3.84. The van der Waals surface area contributed by atoms with E-state index in [1.807, 2.05) is 30.3 Å². The minimum Gasteiger partial charge on any atom is -0.353 e. The van der Waals surface area contributed by atoms with Crippen LogP contribution in [0.2, 0.25) is 0 Å². The molecule has 10 heteroatoms. The van der Waals surface area contributed by atoms with Crippen LogP contribution in [-0.4, -0.2) is 33.1 Å². The molecular formula is C29H24FN7O2. The Bertz CT molecular complexity index is 1720. The van der Waals surface area contributed by atoms with E-state index in [1.54, 1.807) is 55.0 Å². The average Bonchev–Trinajstić information content (AvgIpc) is 3.62. The molecule has 3 heterocycles. The van der Waals surface area contributed by atoms with Crippen LogP contribution in [0.15, 0.2) is 91.4 Å². The molecule has 9 nitrogen and oxygen atoms in total. The molecule has 2 aromatic heterocycles. The molecule has 5 N–H and O–H groups in total. The number of amides is 2. The Morgan fingerprint density at radius 2 is 1.72 bits per heavy atom. The van der Waals surface area contributed by atoms with Gasteiger partial charge in [-0.2, -0.15) is 0 Å². The average molecular weight is 522 g/mol. The van der Waals surface area contributed by atoms with E-state index in [0.29, 0.717) is 28.1 Å². The van der Waals surface area contributed by atoms with E-state index >= 15 is 0 Å². The van der Waals surface area contributed by atoms with Crippen molar-refractivity contribution in [3.63, 3.8) is 0 Å². The molecule has 0 saturated heterocycles. The highest BCUT2D eigenvalue weighted by atomic mass is 19.1. The molecular weight excluding hydrogens is 497 g/mol. The number of aromatic amines is 1. The summed E-state index contributed by atoms with van der Waals surface area (Å²) in [4.78, 5) is 38.4. The second-order valence-electron chi connectivity index (χ2n) is 9.15. The van der Waals surface area contributed by atoms with Crippen molar-refractivity contribution in [3.8, 4) is 11.5 Å². The third-order valence-electron chi connectivity index (χ3n) is 6.51. The number of nitrogens with zero attached hydrogens (tertiary/aromatic N) is 2. The molecule has 2 amide bonds. The number of rotatable bonds is 7. The Morgan fingerprint density at radius 1 is 0.949 bits per heavy atom. The van der Waals surface area contributed by atoms with E-state index in [9.17, 15) is 14.0 Å². The number of hydrogen-bond acceptors (Lipinski definition) is 6. The second kappa shape index (κ2) is 10.3. The maximum absolute atomic E-state index is 14.7. The van der Waals surface area contributed by atoms with Gasteiger partial charge in [0.15, 0.2) is 12.1 Å². The zero-order valence-electron chi connectivity index (χ0n) is 20.6. The highest BCUT2D eigenvalue weighted by molar-refractivity contribution is 5.98. The number of carbonyl (C=O) groups is 2. The number of aromatic nitrogens is 3. The summed E-state index contributed by atoms with van der Waals surface area (Å²) in [6, 6.07) is 20.1. The zero-order valence-corrected chi connectivity index (χ0v) is 20.6. The lowest BCUT2D eigenvalue weighted by Crippen LogP contribution is -2.48. The highest BCUT2D eigenvalue weighted by Gasteiger charge is 2.24. The lowest BCUT2D eigenvalue weighted by molar-refractivity contribution is -0.122. The van der Waals surface area contributed by atoms with Gasteiger partial charge in [-0.25, -0.2) is 9.37 Å². The van der Waals surface area contributed by atoms with Gasteiger partial charge in [-0.1, -0.05) is 42.5 Å². The van der Waals surface area contributed by atoms with Crippen LogP contribution in [0.5, 0.6) is 0 Å². The molecule has 39 heavy (non-hydrogen) atoms. The van der Waals surface area contributed by atoms with Gasteiger partial charge in [-0.05, 0) is 35.7 Å². The van der Waals surface area contributed by atoms with E-state index in [-0.39, 0.29) is 17.9 Å². The van der Waals surface area contributed by atoms with E-state index < -0.39 is 24.1 Å². The molecule has 0 aliphatic carbocycles. The first-order valence-corrected chi connectivity index (χ1v) is 12.4. The van der Waals surface area contributed by atoms with Crippen molar-refractivity contribution < 1.29 is 14.0 Å². The normalized spacial score (nSPS) is 13.7. The summed E-state index contributed by atoms with van der Waals surface area (Å²) in [5, 5.41) is 13.5. The van der Waals surface area contributed by atoms with Gasteiger partial charge < -0.3 is 26.3 Å². The fourth-order valence-electron chi connectivity index (χ4n) is 4.55. The van der Waals surface area contributed by atoms with Gasteiger partial charge >= 0.3 is 0 Å². The van der Waals surface area contributed by atoms with Gasteiger partial charge in [0.25, 0.3) is 5.91 Å². The van der Waals surface area contributed by atoms with Crippen LogP contribution in [0.1, 0.15) is 28.4 Å². The number of imidazole rings is 1. The SMILES string of the molecule is O=C(CC(NC(=O)c1ccc2nc(-c3cc4ccccc4cn3)[nH]c2c1)c1ccccc1F)NC1NC=CN1. The van der Waals surface area contributed by atoms with Crippen molar-refractivity contribution in [3.05, 3.63) is 108 Å². The summed E-state index contributed by atoms with van der Waals surface area (Å²) in [7, 11) is 0. The Morgan fingerprint density at radius 3 is 2.54 bits per heavy atom. The third-order valence-corrected chi connectivity index (χ3v) is 6.51. The number of halogens is 1. The first kappa shape index (κ1) is 24.1. The van der Waals surface area contributed by atoms with Crippen molar-refractivity contribution >= 4 is 33.6 Å². The summed E-state index contributed by atoms with van der Waals surface area (Å²) in [6.07, 6.45) is 4.49. The van der Waals surface area contributed by atoms with E-state index in [4.69, 9.17) is 0 Å². The van der Waals surface area contributed by atoms with Crippen LogP contribution in [0.4, 0.5) is 4.39 Å². The predicted molar refractivity (Wildman–Crippen MR) is 145 cm³/mol. The van der Waals surface area contributed by atoms with Gasteiger partial charge in [-0.3, -0.25) is 14.6 Å². The smallest absolute Gasteiger partial charge is 0.251 e. The van der Waals surface area contributed by atoms with Crippen LogP contribution in [0.3, 0.4) is 0 Å². The highest BCUT2D eigenvalue weighted by Crippen LogP contribution is 2.24. The third kappa shape index (κ3) is 5.12. The van der Waals surface area contributed by atoms with Crippen molar-refractivity contribution in [1.29, 1.82) is 0 Å². The Kier molecular flexibility index (Phi) is 6.34. The van der Waals surface area contributed by atoms with Gasteiger partial charge in [-0.15, -0.1) is 0 Å². The van der Waals surface area contributed by atoms with Crippen molar-refractivity contribution in [2.24, 2.45) is 0 Å². The molecule has 0 bridgehead atoms. The minimum absolute atomic E-state index is 0.156. The molecule has 0 spiro atoms. The number of fused-ring (bicyclic) bond motifs is 2. The Balaban J connectivity index is 1.24. The van der Waals surface area contributed by atoms with Crippen LogP contribution in [0, 0.1) is 5.82 Å². The fraction of sp³-hybridized carbons (Fsp3) is 0.103. The van der Waals surface area contributed by atoms with E-state index in [0.717, 1.165) is 10.8 Å². The van der Waals surface area contributed by atoms with Gasteiger partial charge in [0.1, 0.15) is 11.5 Å². The first-order chi connectivity index (χ1) is 19.0. The molecule has 194 valence electrons. The summed E-state index contributed by atoms with van der Waals surface area (Å²) in [6.45, 7) is 0. The number of hydrogen-bond donors (Lipinski definition) is 5. The standard InChI is InChI=1S/C29H24FN7O2/c30-21-8-4-3-7-20(21)23(15-26(38)37-29-31-11-12-32-29)36-28(39)18-9-10-22-24(14-18)35-27(34-22)25-13-17-5-1-2-6-19(17)16-33-25/h1-14,16,23,29,31-32H,15H2,(H,34,35)(H,36,39)(H,37,38). The molecule has 0 saturated carbocycles. The topological polar surface area (TPSA) is 124 Å². The van der Waals surface area contributed by atoms with Gasteiger partial charge in [0.05, 0.1) is 23.5 Å². The summed E-state index contributed by atoms with van der Waals surface area (Å²) in [5.74, 6) is -0.741. The quantitative estimate of drug-likeness (QED) is 0.222. The molecule has 3 aromatic carbocycles. The minimum atomic E-state index is -0.886. The molecule has 1 unspecified atom stereocenters. The van der Waals surface area contributed by atoms with Crippen LogP contribution < -0.4 is 21.3 Å². The molecule has 6 rings (SSSR count). The number of nitrogens with one attached hydrogen (secondary N) is 5. The maximum atomic E-state index is 14.7. The molecule has 5 aromatic rings. The molecule has 0 fully saturated rings. The van der Waals surface area contributed by atoms with Crippen LogP contribution in [-0.2, 0) is 4.79 Å². The zero-order chi connectivity index (χ0) is 26.8. The number of carbonyl (C=O) groups excluding carboxylic acids is 2. The Hall–Kier alpha value is -5.25. The number of benzene rings is 3. The lowest BCUT2D eigenvalue weighted by Gasteiger charge is -2.21. The van der Waals surface area contributed by atoms with Crippen LogP contribution in [0.25, 0.3) is 33.3 Å². The summed E-state index contributed by atoms with van der Waals surface area (Å²) < 4.78 is 14.7. The van der Waals surface area contributed by atoms with E-state index in [2.05, 4.69) is 36.2 Å². The Labute approximate surface area is 222 Å². The summed E-state index contributed by atoms with van der Waals surface area (Å²) in [5.41, 5.74) is 2.57. The molecule has 1 aliphatic rings. The van der Waals surface area contributed by atoms with Crippen molar-refractivity contribution in [2.45, 2.75) is 18.8 Å². The van der Waals surface area contributed by atoms with Crippen LogP contribution >= 0.6 is 0 Å². The first-order valence-electron chi connectivity index (χ1n) is 12.4. The number of H-pyrrole nitrogens is 1. The van der Waals surface area contributed by atoms with Gasteiger partial charge in [0.2, 0.25) is 5.91 Å². The second-order valence-corrected chi connectivity index (χ2v) is 9.15. The molecule has 0 radical (unpaired) electrons. The maximum Gasteiger partial charge on any atom is 0.251 e. The number of pyridine rings is 1. The largest absolute Gasteiger partial charge is 0.353 e. The molecule has 1 aliphatic heterocycles. The van der Waals surface area contributed by atoms with Crippen molar-refractivity contribution in [1.82, 2.24) is 36.2 Å². The van der Waals surface area contributed by atoms with E-state index in [1.165, 1.54) is 6.07 Å². The lowest BCUT2D eigenvalue weighted by atomic mass is 10.0. The van der Waals surface area contributed by atoms with Crippen molar-refractivity contribution in [2.75, 3.05) is 0 Å². The summed E-state index contributed by atoms with van der Waals surface area (Å²) >= 11 is 0. The molecule has 1 atom stereocenters. The fourth-order valence-corrected chi connectivity index (χ4v) is 4.55. The monoisotopic (exact) mass is 521 g/mol. The van der Waals surface area contributed by atoms with Gasteiger partial charge in [0, 0.05) is 35.1 Å².